The van der Waals surface area contributed by atoms with Gasteiger partial charge in [0.25, 0.3) is 5.91 Å². The molecule has 2 fully saturated rings. The van der Waals surface area contributed by atoms with Crippen molar-refractivity contribution in [2.24, 2.45) is 0 Å². The van der Waals surface area contributed by atoms with Crippen LogP contribution in [0.3, 0.4) is 0 Å². The van der Waals surface area contributed by atoms with Crippen molar-refractivity contribution in [3.63, 3.8) is 0 Å². The number of carbonyl (C=O) groups excluding carboxylic acids is 2. The maximum Gasteiger partial charge on any atom is 0.407 e. The van der Waals surface area contributed by atoms with Crippen LogP contribution in [0, 0.1) is 0 Å². The number of rotatable bonds is 3. The molecule has 2 aliphatic rings. The van der Waals surface area contributed by atoms with Crippen molar-refractivity contribution in [3.8, 4) is 17.1 Å². The minimum atomic E-state index is -0.454. The Morgan fingerprint density at radius 1 is 1.15 bits per heavy atom. The molecule has 1 aromatic heterocycles. The molecule has 4 rings (SSSR count). The lowest BCUT2D eigenvalue weighted by Gasteiger charge is -2.37. The van der Waals surface area contributed by atoms with Gasteiger partial charge in [-0.1, -0.05) is 12.1 Å². The summed E-state index contributed by atoms with van der Waals surface area (Å²) in [4.78, 5) is 25.9. The third-order valence-corrected chi connectivity index (χ3v) is 5.10. The van der Waals surface area contributed by atoms with E-state index in [4.69, 9.17) is 9.47 Å². The molecule has 2 aliphatic heterocycles. The molecule has 2 saturated heterocycles. The first-order valence-electron chi connectivity index (χ1n) is 8.83. The molecule has 8 nitrogen and oxygen atoms in total. The first-order valence-corrected chi connectivity index (χ1v) is 8.83. The highest BCUT2D eigenvalue weighted by molar-refractivity contribution is 5.94. The van der Waals surface area contributed by atoms with Gasteiger partial charge < -0.3 is 19.7 Å². The summed E-state index contributed by atoms with van der Waals surface area (Å²) in [7, 11) is 1.54. The minimum absolute atomic E-state index is 0.0190. The van der Waals surface area contributed by atoms with Crippen LogP contribution in [0.15, 0.2) is 36.4 Å². The second-order valence-electron chi connectivity index (χ2n) is 6.76. The Bertz CT molecular complexity index is 843. The van der Waals surface area contributed by atoms with E-state index in [1.54, 1.807) is 30.2 Å². The SMILES string of the molecule is COc1ccc(-c2ccc(C(=O)N3CCC4(CC3)CNC(=O)O4)cc2)nn1. The Morgan fingerprint density at radius 2 is 1.89 bits per heavy atom. The zero-order chi connectivity index (χ0) is 18.9. The highest BCUT2D eigenvalue weighted by atomic mass is 16.6. The number of nitrogens with one attached hydrogen (secondary N) is 1. The second kappa shape index (κ2) is 6.86. The van der Waals surface area contributed by atoms with Crippen LogP contribution in [0.5, 0.6) is 5.88 Å². The standard InChI is InChI=1S/C19H20N4O4/c1-26-16-7-6-15(21-22-16)13-2-4-14(5-3-13)17(24)23-10-8-19(9-11-23)12-20-18(25)27-19/h2-7H,8-12H2,1H3,(H,20,25). The van der Waals surface area contributed by atoms with E-state index in [0.717, 1.165) is 5.56 Å². The van der Waals surface area contributed by atoms with Gasteiger partial charge in [-0.2, -0.15) is 0 Å². The average Bonchev–Trinajstić information content (AvgIpc) is 3.08. The molecular formula is C19H20N4O4. The van der Waals surface area contributed by atoms with Crippen LogP contribution in [-0.4, -0.2) is 59.4 Å². The fourth-order valence-corrected chi connectivity index (χ4v) is 3.45. The summed E-state index contributed by atoms with van der Waals surface area (Å²) >= 11 is 0. The molecule has 2 amide bonds. The summed E-state index contributed by atoms with van der Waals surface area (Å²) in [6, 6.07) is 10.9. The number of carbonyl (C=O) groups is 2. The molecule has 140 valence electrons. The fourth-order valence-electron chi connectivity index (χ4n) is 3.45. The summed E-state index contributed by atoms with van der Waals surface area (Å²) in [6.07, 6.45) is 0.931. The topological polar surface area (TPSA) is 93.7 Å². The van der Waals surface area contributed by atoms with E-state index in [2.05, 4.69) is 15.5 Å². The van der Waals surface area contributed by atoms with Gasteiger partial charge in [0.1, 0.15) is 5.60 Å². The lowest BCUT2D eigenvalue weighted by Crippen LogP contribution is -2.48. The fraction of sp³-hybridized carbons (Fsp3) is 0.368. The number of benzene rings is 1. The lowest BCUT2D eigenvalue weighted by atomic mass is 9.91. The molecule has 0 saturated carbocycles. The number of amides is 2. The lowest BCUT2D eigenvalue weighted by molar-refractivity contribution is 0.00331. The molecule has 2 aromatic rings. The maximum atomic E-state index is 12.8. The van der Waals surface area contributed by atoms with Gasteiger partial charge in [0.05, 0.1) is 19.3 Å². The average molecular weight is 368 g/mol. The van der Waals surface area contributed by atoms with E-state index in [1.165, 1.54) is 0 Å². The molecule has 27 heavy (non-hydrogen) atoms. The molecule has 1 aromatic carbocycles. The zero-order valence-corrected chi connectivity index (χ0v) is 15.0. The molecule has 0 radical (unpaired) electrons. The van der Waals surface area contributed by atoms with E-state index < -0.39 is 5.60 Å². The number of piperidine rings is 1. The Kier molecular flexibility index (Phi) is 4.39. The van der Waals surface area contributed by atoms with Crippen LogP contribution in [0.25, 0.3) is 11.3 Å². The summed E-state index contributed by atoms with van der Waals surface area (Å²) in [5, 5.41) is 10.8. The third-order valence-electron chi connectivity index (χ3n) is 5.10. The van der Waals surface area contributed by atoms with Crippen molar-refractivity contribution in [2.45, 2.75) is 18.4 Å². The largest absolute Gasteiger partial charge is 0.480 e. The third kappa shape index (κ3) is 3.42. The summed E-state index contributed by atoms with van der Waals surface area (Å²) in [6.45, 7) is 1.66. The number of ether oxygens (including phenoxy) is 2. The van der Waals surface area contributed by atoms with Gasteiger partial charge in [-0.05, 0) is 18.2 Å². The Morgan fingerprint density at radius 3 is 2.44 bits per heavy atom. The van der Waals surface area contributed by atoms with Gasteiger partial charge in [0.2, 0.25) is 5.88 Å². The van der Waals surface area contributed by atoms with Crippen molar-refractivity contribution in [2.75, 3.05) is 26.7 Å². The van der Waals surface area contributed by atoms with Crippen LogP contribution in [-0.2, 0) is 4.74 Å². The minimum Gasteiger partial charge on any atom is -0.480 e. The molecule has 8 heteroatoms. The Labute approximate surface area is 156 Å². The number of aromatic nitrogens is 2. The first kappa shape index (κ1) is 17.3. The zero-order valence-electron chi connectivity index (χ0n) is 15.0. The van der Waals surface area contributed by atoms with E-state index >= 15 is 0 Å². The van der Waals surface area contributed by atoms with Gasteiger partial charge in [0, 0.05) is 43.1 Å². The van der Waals surface area contributed by atoms with Gasteiger partial charge in [-0.25, -0.2) is 4.79 Å². The highest BCUT2D eigenvalue weighted by Gasteiger charge is 2.43. The predicted octanol–water partition coefficient (Wildman–Crippen LogP) is 1.87. The van der Waals surface area contributed by atoms with Crippen molar-refractivity contribution < 1.29 is 19.1 Å². The quantitative estimate of drug-likeness (QED) is 0.889. The van der Waals surface area contributed by atoms with Gasteiger partial charge >= 0.3 is 6.09 Å². The number of hydrogen-bond acceptors (Lipinski definition) is 6. The number of likely N-dealkylation sites (tertiary alicyclic amines) is 1. The normalized spacial score (nSPS) is 18.1. The number of nitrogens with zero attached hydrogens (tertiary/aromatic N) is 3. The Balaban J connectivity index is 1.41. The van der Waals surface area contributed by atoms with Gasteiger partial charge in [-0.3, -0.25) is 4.79 Å². The molecule has 0 bridgehead atoms. The molecule has 1 spiro atoms. The summed E-state index contributed by atoms with van der Waals surface area (Å²) < 4.78 is 10.4. The Hall–Kier alpha value is -3.16. The molecule has 0 unspecified atom stereocenters. The van der Waals surface area contributed by atoms with Crippen LogP contribution in [0.2, 0.25) is 0 Å². The van der Waals surface area contributed by atoms with Crippen molar-refractivity contribution in [1.29, 1.82) is 0 Å². The predicted molar refractivity (Wildman–Crippen MR) is 96.4 cm³/mol. The smallest absolute Gasteiger partial charge is 0.407 e. The van der Waals surface area contributed by atoms with Crippen molar-refractivity contribution in [3.05, 3.63) is 42.0 Å². The number of methoxy groups -OCH3 is 1. The monoisotopic (exact) mass is 368 g/mol. The van der Waals surface area contributed by atoms with Crippen LogP contribution in [0.4, 0.5) is 4.79 Å². The van der Waals surface area contributed by atoms with E-state index in [0.29, 0.717) is 49.6 Å². The summed E-state index contributed by atoms with van der Waals surface area (Å²) in [5.41, 5.74) is 1.76. The molecular weight excluding hydrogens is 348 g/mol. The van der Waals surface area contributed by atoms with Gasteiger partial charge in [0.15, 0.2) is 0 Å². The van der Waals surface area contributed by atoms with Crippen LogP contribution in [0.1, 0.15) is 23.2 Å². The number of hydrogen-bond donors (Lipinski definition) is 1. The molecule has 0 atom stereocenters. The first-order chi connectivity index (χ1) is 13.1. The van der Waals surface area contributed by atoms with E-state index in [9.17, 15) is 9.59 Å². The van der Waals surface area contributed by atoms with Gasteiger partial charge in [-0.15, -0.1) is 10.2 Å². The van der Waals surface area contributed by atoms with Crippen molar-refractivity contribution in [1.82, 2.24) is 20.4 Å². The van der Waals surface area contributed by atoms with Crippen LogP contribution >= 0.6 is 0 Å². The van der Waals surface area contributed by atoms with Crippen LogP contribution < -0.4 is 10.1 Å². The second-order valence-corrected chi connectivity index (χ2v) is 6.76. The maximum absolute atomic E-state index is 12.8. The summed E-state index contributed by atoms with van der Waals surface area (Å²) in [5.74, 6) is 0.436. The highest BCUT2D eigenvalue weighted by Crippen LogP contribution is 2.30. The number of alkyl carbamates (subject to hydrolysis) is 1. The molecule has 3 heterocycles. The van der Waals surface area contributed by atoms with E-state index in [-0.39, 0.29) is 12.0 Å². The molecule has 0 aliphatic carbocycles. The van der Waals surface area contributed by atoms with E-state index in [1.807, 2.05) is 18.2 Å². The molecule has 1 N–H and O–H groups in total. The van der Waals surface area contributed by atoms with Crippen molar-refractivity contribution >= 4 is 12.0 Å².